The van der Waals surface area contributed by atoms with Gasteiger partial charge in [0.2, 0.25) is 10.0 Å². The lowest BCUT2D eigenvalue weighted by Crippen LogP contribution is -2.33. The van der Waals surface area contributed by atoms with E-state index in [-0.39, 0.29) is 22.2 Å². The largest absolute Gasteiger partial charge is 0.495 e. The first kappa shape index (κ1) is 16.7. The van der Waals surface area contributed by atoms with Gasteiger partial charge in [0, 0.05) is 18.6 Å². The lowest BCUT2D eigenvalue weighted by molar-refractivity contribution is -0.141. The van der Waals surface area contributed by atoms with E-state index in [0.717, 1.165) is 4.31 Å². The Morgan fingerprint density at radius 2 is 2.10 bits per heavy atom. The molecule has 1 atom stereocenters. The molecule has 0 amide bonds. The second kappa shape index (κ2) is 6.43. The van der Waals surface area contributed by atoms with E-state index in [9.17, 15) is 13.2 Å². The molecular weight excluding hydrogens is 306 g/mol. The van der Waals surface area contributed by atoms with Crippen LogP contribution >= 0.6 is 11.6 Å². The molecule has 0 spiro atoms. The summed E-state index contributed by atoms with van der Waals surface area (Å²) in [7, 11) is -1.21. The van der Waals surface area contributed by atoms with Gasteiger partial charge in [-0.15, -0.1) is 0 Å². The molecule has 0 fully saturated rings. The summed E-state index contributed by atoms with van der Waals surface area (Å²) in [4.78, 5) is 10.7. The zero-order valence-corrected chi connectivity index (χ0v) is 12.9. The van der Waals surface area contributed by atoms with Crippen LogP contribution in [0.3, 0.4) is 0 Å². The van der Waals surface area contributed by atoms with E-state index >= 15 is 0 Å². The molecule has 6 nitrogen and oxygen atoms in total. The third-order valence-electron chi connectivity index (χ3n) is 2.77. The predicted octanol–water partition coefficient (Wildman–Crippen LogP) is 1.69. The molecule has 1 unspecified atom stereocenters. The highest BCUT2D eigenvalue weighted by atomic mass is 35.5. The van der Waals surface area contributed by atoms with Gasteiger partial charge in [-0.1, -0.05) is 18.5 Å². The molecule has 0 saturated heterocycles. The number of halogens is 1. The molecule has 0 saturated carbocycles. The molecule has 1 aromatic carbocycles. The van der Waals surface area contributed by atoms with Crippen LogP contribution in [0.15, 0.2) is 23.1 Å². The summed E-state index contributed by atoms with van der Waals surface area (Å²) in [6.07, 6.45) is 0. The first-order valence-electron chi connectivity index (χ1n) is 5.72. The average Bonchev–Trinajstić information content (AvgIpc) is 2.38. The van der Waals surface area contributed by atoms with Crippen molar-refractivity contribution in [2.24, 2.45) is 5.92 Å². The van der Waals surface area contributed by atoms with Crippen LogP contribution < -0.4 is 4.74 Å². The van der Waals surface area contributed by atoms with Crippen LogP contribution in [0.1, 0.15) is 6.92 Å². The second-order valence-electron chi connectivity index (χ2n) is 4.32. The highest BCUT2D eigenvalue weighted by molar-refractivity contribution is 7.89. The van der Waals surface area contributed by atoms with E-state index in [1.54, 1.807) is 0 Å². The third kappa shape index (κ3) is 3.62. The monoisotopic (exact) mass is 321 g/mol. The first-order valence-corrected chi connectivity index (χ1v) is 7.54. The van der Waals surface area contributed by atoms with Crippen molar-refractivity contribution < 1.29 is 23.1 Å². The molecule has 0 bridgehead atoms. The number of rotatable bonds is 6. The van der Waals surface area contributed by atoms with E-state index < -0.39 is 21.9 Å². The maximum atomic E-state index is 12.4. The molecule has 0 heterocycles. The minimum atomic E-state index is -3.87. The van der Waals surface area contributed by atoms with Crippen LogP contribution in [-0.2, 0) is 14.8 Å². The van der Waals surface area contributed by atoms with E-state index in [1.165, 1.54) is 39.3 Å². The number of sulfonamides is 1. The summed E-state index contributed by atoms with van der Waals surface area (Å²) in [5, 5.41) is 9.10. The van der Waals surface area contributed by atoms with Gasteiger partial charge in [-0.25, -0.2) is 8.42 Å². The molecule has 20 heavy (non-hydrogen) atoms. The lowest BCUT2D eigenvalue weighted by atomic mass is 10.2. The van der Waals surface area contributed by atoms with Crippen LogP contribution in [-0.4, -0.2) is 44.5 Å². The Morgan fingerprint density at radius 1 is 1.50 bits per heavy atom. The van der Waals surface area contributed by atoms with Gasteiger partial charge < -0.3 is 9.84 Å². The molecule has 0 radical (unpaired) electrons. The Labute approximate surface area is 123 Å². The number of carboxylic acids is 1. The molecular formula is C12H16ClNO5S. The normalized spacial score (nSPS) is 13.2. The van der Waals surface area contributed by atoms with Gasteiger partial charge in [0.15, 0.2) is 0 Å². The van der Waals surface area contributed by atoms with Gasteiger partial charge in [0.25, 0.3) is 0 Å². The van der Waals surface area contributed by atoms with E-state index in [0.29, 0.717) is 0 Å². The van der Waals surface area contributed by atoms with E-state index in [2.05, 4.69) is 0 Å². The van der Waals surface area contributed by atoms with E-state index in [4.69, 9.17) is 21.4 Å². The number of benzene rings is 1. The summed E-state index contributed by atoms with van der Waals surface area (Å²) in [6.45, 7) is 1.29. The van der Waals surface area contributed by atoms with Crippen molar-refractivity contribution in [2.75, 3.05) is 20.7 Å². The summed E-state index contributed by atoms with van der Waals surface area (Å²) >= 11 is 5.81. The van der Waals surface area contributed by atoms with Crippen LogP contribution in [0, 0.1) is 5.92 Å². The maximum absolute atomic E-state index is 12.4. The van der Waals surface area contributed by atoms with Crippen LogP contribution in [0.25, 0.3) is 0 Å². The van der Waals surface area contributed by atoms with Crippen molar-refractivity contribution in [3.8, 4) is 5.75 Å². The number of hydrogen-bond donors (Lipinski definition) is 1. The van der Waals surface area contributed by atoms with Crippen molar-refractivity contribution in [1.29, 1.82) is 0 Å². The summed E-state index contributed by atoms with van der Waals surface area (Å²) in [6, 6.07) is 4.24. The lowest BCUT2D eigenvalue weighted by Gasteiger charge is -2.20. The Morgan fingerprint density at radius 3 is 2.60 bits per heavy atom. The van der Waals surface area contributed by atoms with Crippen molar-refractivity contribution in [3.05, 3.63) is 23.2 Å². The smallest absolute Gasteiger partial charge is 0.307 e. The molecule has 0 aliphatic rings. The molecule has 112 valence electrons. The molecule has 1 N–H and O–H groups in total. The molecule has 0 aliphatic heterocycles. The van der Waals surface area contributed by atoms with Crippen LogP contribution in [0.4, 0.5) is 0 Å². The standard InChI is InChI=1S/C12H16ClNO5S/c1-8(12(15)16)7-14(2)20(17,18)11-6-9(13)4-5-10(11)19-3/h4-6,8H,7H2,1-3H3,(H,15,16). The average molecular weight is 322 g/mol. The number of aliphatic carboxylic acids is 1. The predicted molar refractivity (Wildman–Crippen MR) is 74.6 cm³/mol. The highest BCUT2D eigenvalue weighted by Crippen LogP contribution is 2.29. The van der Waals surface area contributed by atoms with Crippen LogP contribution in [0.2, 0.25) is 5.02 Å². The fourth-order valence-electron chi connectivity index (χ4n) is 1.58. The minimum absolute atomic E-state index is 0.0902. The summed E-state index contributed by atoms with van der Waals surface area (Å²) < 4.78 is 30.8. The number of carboxylic acid groups (broad SMARTS) is 1. The molecule has 1 aromatic rings. The number of ether oxygens (including phenoxy) is 1. The van der Waals surface area contributed by atoms with Gasteiger partial charge in [-0.2, -0.15) is 4.31 Å². The van der Waals surface area contributed by atoms with Crippen molar-refractivity contribution in [3.63, 3.8) is 0 Å². The zero-order chi connectivity index (χ0) is 15.5. The summed E-state index contributed by atoms with van der Waals surface area (Å²) in [5.74, 6) is -1.73. The fourth-order valence-corrected chi connectivity index (χ4v) is 3.26. The fraction of sp³-hybridized carbons (Fsp3) is 0.417. The molecule has 0 aromatic heterocycles. The summed E-state index contributed by atoms with van der Waals surface area (Å²) in [5.41, 5.74) is 0. The second-order valence-corrected chi connectivity index (χ2v) is 6.77. The van der Waals surface area contributed by atoms with Crippen LogP contribution in [0.5, 0.6) is 5.75 Å². The van der Waals surface area contributed by atoms with E-state index in [1.807, 2.05) is 0 Å². The quantitative estimate of drug-likeness (QED) is 0.862. The van der Waals surface area contributed by atoms with Gasteiger partial charge in [-0.05, 0) is 18.2 Å². The highest BCUT2D eigenvalue weighted by Gasteiger charge is 2.27. The number of carbonyl (C=O) groups is 1. The Kier molecular flexibility index (Phi) is 5.38. The molecule has 0 aliphatic carbocycles. The van der Waals surface area contributed by atoms with Crippen molar-refractivity contribution >= 4 is 27.6 Å². The minimum Gasteiger partial charge on any atom is -0.495 e. The zero-order valence-electron chi connectivity index (χ0n) is 11.3. The third-order valence-corrected chi connectivity index (χ3v) is 4.85. The van der Waals surface area contributed by atoms with Gasteiger partial charge in [0.05, 0.1) is 13.0 Å². The van der Waals surface area contributed by atoms with Gasteiger partial charge >= 0.3 is 5.97 Å². The maximum Gasteiger partial charge on any atom is 0.307 e. The Bertz CT molecular complexity index is 602. The van der Waals surface area contributed by atoms with Gasteiger partial charge in [-0.3, -0.25) is 4.79 Å². The van der Waals surface area contributed by atoms with Gasteiger partial charge in [0.1, 0.15) is 10.6 Å². The SMILES string of the molecule is COc1ccc(Cl)cc1S(=O)(=O)N(C)CC(C)C(=O)O. The number of hydrogen-bond acceptors (Lipinski definition) is 4. The Balaban J connectivity index is 3.16. The first-order chi connectivity index (χ1) is 9.20. The number of methoxy groups -OCH3 is 1. The van der Waals surface area contributed by atoms with Crippen molar-refractivity contribution in [2.45, 2.75) is 11.8 Å². The molecule has 1 rings (SSSR count). The Hall–Kier alpha value is -1.31. The molecule has 8 heteroatoms. The topological polar surface area (TPSA) is 83.9 Å². The number of nitrogens with zero attached hydrogens (tertiary/aromatic N) is 1. The van der Waals surface area contributed by atoms with Crippen molar-refractivity contribution in [1.82, 2.24) is 4.31 Å².